The molecule has 1 aromatic carbocycles. The second-order valence-corrected chi connectivity index (χ2v) is 6.39. The van der Waals surface area contributed by atoms with E-state index in [0.29, 0.717) is 0 Å². The Morgan fingerprint density at radius 1 is 1.40 bits per heavy atom. The van der Waals surface area contributed by atoms with Gasteiger partial charge in [-0.2, -0.15) is 0 Å². The zero-order valence-corrected chi connectivity index (χ0v) is 13.5. The highest BCUT2D eigenvalue weighted by Crippen LogP contribution is 2.34. The number of nitrogens with two attached hydrogens (primary N) is 1. The topological polar surface area (TPSA) is 29.3 Å². The van der Waals surface area contributed by atoms with Gasteiger partial charge in [0.2, 0.25) is 0 Å². The van der Waals surface area contributed by atoms with Gasteiger partial charge in [-0.1, -0.05) is 44.0 Å². The molecular formula is C17H27ClN2. The van der Waals surface area contributed by atoms with Crippen LogP contribution in [0.2, 0.25) is 5.02 Å². The van der Waals surface area contributed by atoms with Crippen LogP contribution >= 0.6 is 11.6 Å². The van der Waals surface area contributed by atoms with Crippen LogP contribution in [0.5, 0.6) is 0 Å². The lowest BCUT2D eigenvalue weighted by Gasteiger charge is -2.36. The van der Waals surface area contributed by atoms with Crippen LogP contribution < -0.4 is 10.6 Å². The average Bonchev–Trinajstić information content (AvgIpc) is 2.47. The van der Waals surface area contributed by atoms with Gasteiger partial charge in [0, 0.05) is 19.1 Å². The van der Waals surface area contributed by atoms with Crippen molar-refractivity contribution in [3.8, 4) is 0 Å². The van der Waals surface area contributed by atoms with E-state index in [0.717, 1.165) is 36.9 Å². The molecule has 2 atom stereocenters. The van der Waals surface area contributed by atoms with Gasteiger partial charge < -0.3 is 10.6 Å². The molecule has 1 fully saturated rings. The van der Waals surface area contributed by atoms with Gasteiger partial charge in [0.1, 0.15) is 0 Å². The van der Waals surface area contributed by atoms with E-state index in [1.807, 2.05) is 12.1 Å². The summed E-state index contributed by atoms with van der Waals surface area (Å²) in [6.45, 7) is 6.68. The van der Waals surface area contributed by atoms with Crippen molar-refractivity contribution < 1.29 is 0 Å². The largest absolute Gasteiger partial charge is 0.370 e. The lowest BCUT2D eigenvalue weighted by Crippen LogP contribution is -2.36. The first-order valence-electron chi connectivity index (χ1n) is 7.93. The van der Waals surface area contributed by atoms with E-state index in [1.54, 1.807) is 0 Å². The smallest absolute Gasteiger partial charge is 0.0642 e. The second kappa shape index (κ2) is 7.33. The Labute approximate surface area is 128 Å². The molecule has 1 aromatic rings. The number of anilines is 1. The molecule has 0 aliphatic carbocycles. The van der Waals surface area contributed by atoms with Gasteiger partial charge in [-0.05, 0) is 43.2 Å². The summed E-state index contributed by atoms with van der Waals surface area (Å²) in [6, 6.07) is 6.46. The number of nitrogens with zero attached hydrogens (tertiary/aromatic N) is 1. The van der Waals surface area contributed by atoms with Crippen LogP contribution in [0.3, 0.4) is 0 Å². The van der Waals surface area contributed by atoms with Gasteiger partial charge in [-0.3, -0.25) is 0 Å². The molecule has 1 heterocycles. The minimum absolute atomic E-state index is 0.221. The Kier molecular flexibility index (Phi) is 5.74. The van der Waals surface area contributed by atoms with E-state index in [9.17, 15) is 0 Å². The summed E-state index contributed by atoms with van der Waals surface area (Å²) >= 11 is 6.50. The van der Waals surface area contributed by atoms with E-state index in [2.05, 4.69) is 24.8 Å². The maximum atomic E-state index is 6.50. The number of benzene rings is 1. The molecule has 0 bridgehead atoms. The first kappa shape index (κ1) is 15.7. The van der Waals surface area contributed by atoms with Gasteiger partial charge in [0.25, 0.3) is 0 Å². The number of para-hydroxylation sites is 1. The maximum Gasteiger partial charge on any atom is 0.0642 e. The fourth-order valence-corrected chi connectivity index (χ4v) is 3.42. The van der Waals surface area contributed by atoms with Crippen LogP contribution in [0, 0.1) is 5.92 Å². The monoisotopic (exact) mass is 294 g/mol. The zero-order chi connectivity index (χ0) is 14.5. The molecule has 2 rings (SSSR count). The Bertz CT molecular complexity index is 433. The van der Waals surface area contributed by atoms with E-state index in [-0.39, 0.29) is 6.04 Å². The van der Waals surface area contributed by atoms with Gasteiger partial charge in [0.15, 0.2) is 0 Å². The predicted molar refractivity (Wildman–Crippen MR) is 88.7 cm³/mol. The molecule has 2 N–H and O–H groups in total. The van der Waals surface area contributed by atoms with Crippen molar-refractivity contribution >= 4 is 17.3 Å². The Morgan fingerprint density at radius 3 is 2.90 bits per heavy atom. The molecule has 2 nitrogen and oxygen atoms in total. The third kappa shape index (κ3) is 3.67. The predicted octanol–water partition coefficient (Wildman–Crippen LogP) is 4.25. The van der Waals surface area contributed by atoms with Crippen molar-refractivity contribution in [1.82, 2.24) is 0 Å². The Hall–Kier alpha value is -0.730. The summed E-state index contributed by atoms with van der Waals surface area (Å²) in [6.07, 6.45) is 5.79. The Balaban J connectivity index is 2.24. The minimum atomic E-state index is 0.221. The summed E-state index contributed by atoms with van der Waals surface area (Å²) in [5.41, 5.74) is 8.69. The lowest BCUT2D eigenvalue weighted by atomic mass is 9.94. The summed E-state index contributed by atoms with van der Waals surface area (Å²) in [7, 11) is 0. The summed E-state index contributed by atoms with van der Waals surface area (Å²) in [4.78, 5) is 2.48. The molecule has 20 heavy (non-hydrogen) atoms. The molecular weight excluding hydrogens is 268 g/mol. The van der Waals surface area contributed by atoms with Gasteiger partial charge in [0.05, 0.1) is 10.7 Å². The quantitative estimate of drug-likeness (QED) is 0.880. The van der Waals surface area contributed by atoms with Crippen molar-refractivity contribution in [2.45, 2.75) is 52.0 Å². The summed E-state index contributed by atoms with van der Waals surface area (Å²) < 4.78 is 0. The standard InChI is InChI=1S/C17H27ClN2/c1-3-13-7-6-10-20(12-13)17-14(11-15(19)4-2)8-5-9-16(17)18/h5,8-9,13,15H,3-4,6-7,10-12,19H2,1-2H3. The van der Waals surface area contributed by atoms with Crippen molar-refractivity contribution in [2.75, 3.05) is 18.0 Å². The molecule has 0 aromatic heterocycles. The maximum absolute atomic E-state index is 6.50. The van der Waals surface area contributed by atoms with Gasteiger partial charge in [-0.15, -0.1) is 0 Å². The number of rotatable bonds is 5. The first-order valence-corrected chi connectivity index (χ1v) is 8.31. The highest BCUT2D eigenvalue weighted by Gasteiger charge is 2.22. The Morgan fingerprint density at radius 2 is 2.20 bits per heavy atom. The molecule has 3 heteroatoms. The number of piperidine rings is 1. The summed E-state index contributed by atoms with van der Waals surface area (Å²) in [5, 5.41) is 0.877. The van der Waals surface area contributed by atoms with E-state index in [1.165, 1.54) is 30.5 Å². The van der Waals surface area contributed by atoms with Crippen molar-refractivity contribution in [3.05, 3.63) is 28.8 Å². The third-order valence-electron chi connectivity index (χ3n) is 4.49. The van der Waals surface area contributed by atoms with Crippen LogP contribution in [-0.4, -0.2) is 19.1 Å². The average molecular weight is 295 g/mol. The minimum Gasteiger partial charge on any atom is -0.370 e. The first-order chi connectivity index (χ1) is 9.65. The SMILES string of the molecule is CCC(N)Cc1cccc(Cl)c1N1CCCC(CC)C1. The fourth-order valence-electron chi connectivity index (χ4n) is 3.11. The molecule has 0 spiro atoms. The highest BCUT2D eigenvalue weighted by molar-refractivity contribution is 6.33. The fraction of sp³-hybridized carbons (Fsp3) is 0.647. The molecule has 1 saturated heterocycles. The van der Waals surface area contributed by atoms with Crippen LogP contribution in [0.25, 0.3) is 0 Å². The van der Waals surface area contributed by atoms with E-state index < -0.39 is 0 Å². The second-order valence-electron chi connectivity index (χ2n) is 5.98. The molecule has 0 saturated carbocycles. The van der Waals surface area contributed by atoms with Crippen molar-refractivity contribution in [1.29, 1.82) is 0 Å². The van der Waals surface area contributed by atoms with Gasteiger partial charge >= 0.3 is 0 Å². The highest BCUT2D eigenvalue weighted by atomic mass is 35.5. The van der Waals surface area contributed by atoms with Crippen LogP contribution in [0.4, 0.5) is 5.69 Å². The molecule has 2 unspecified atom stereocenters. The molecule has 1 aliphatic rings. The number of hydrogen-bond acceptors (Lipinski definition) is 2. The third-order valence-corrected chi connectivity index (χ3v) is 4.79. The number of hydrogen-bond donors (Lipinski definition) is 1. The van der Waals surface area contributed by atoms with Crippen molar-refractivity contribution in [3.63, 3.8) is 0 Å². The molecule has 112 valence electrons. The van der Waals surface area contributed by atoms with Crippen LogP contribution in [0.15, 0.2) is 18.2 Å². The van der Waals surface area contributed by atoms with Crippen molar-refractivity contribution in [2.24, 2.45) is 11.7 Å². The van der Waals surface area contributed by atoms with Crippen LogP contribution in [0.1, 0.15) is 45.1 Å². The van der Waals surface area contributed by atoms with Crippen LogP contribution in [-0.2, 0) is 6.42 Å². The zero-order valence-electron chi connectivity index (χ0n) is 12.7. The number of halogens is 1. The normalized spacial score (nSPS) is 21.0. The van der Waals surface area contributed by atoms with E-state index in [4.69, 9.17) is 17.3 Å². The molecule has 0 amide bonds. The molecule has 1 aliphatic heterocycles. The van der Waals surface area contributed by atoms with E-state index >= 15 is 0 Å². The lowest BCUT2D eigenvalue weighted by molar-refractivity contribution is 0.404. The summed E-state index contributed by atoms with van der Waals surface area (Å²) in [5.74, 6) is 0.799. The molecule has 0 radical (unpaired) electrons. The van der Waals surface area contributed by atoms with Gasteiger partial charge in [-0.25, -0.2) is 0 Å².